The van der Waals surface area contributed by atoms with Crippen molar-refractivity contribution in [2.24, 2.45) is 10.9 Å². The first-order chi connectivity index (χ1) is 8.69. The highest BCUT2D eigenvalue weighted by atomic mass is 19.1. The van der Waals surface area contributed by atoms with E-state index in [0.29, 0.717) is 12.1 Å². The number of amidine groups is 1. The van der Waals surface area contributed by atoms with Crippen LogP contribution in [0.1, 0.15) is 37.3 Å². The van der Waals surface area contributed by atoms with E-state index in [4.69, 9.17) is 10.9 Å². The van der Waals surface area contributed by atoms with Gasteiger partial charge in [0.1, 0.15) is 5.82 Å². The molecule has 4 nitrogen and oxygen atoms in total. The Kier molecular flexibility index (Phi) is 6.14. The van der Waals surface area contributed by atoms with E-state index in [1.165, 1.54) is 25.0 Å². The SMILES string of the molecule is CCCCCNCc1ccc(F)cc1C(N)=NO. The predicted octanol–water partition coefficient (Wildman–Crippen LogP) is 2.20. The second-order valence-electron chi connectivity index (χ2n) is 4.17. The van der Waals surface area contributed by atoms with Gasteiger partial charge in [-0.15, -0.1) is 0 Å². The maximum Gasteiger partial charge on any atom is 0.170 e. The fourth-order valence-electron chi connectivity index (χ4n) is 1.72. The minimum atomic E-state index is -0.397. The van der Waals surface area contributed by atoms with Crippen LogP contribution in [0.3, 0.4) is 0 Å². The Morgan fingerprint density at radius 3 is 2.89 bits per heavy atom. The molecule has 0 amide bonds. The molecule has 0 radical (unpaired) electrons. The first kappa shape index (κ1) is 14.4. The van der Waals surface area contributed by atoms with Crippen molar-refractivity contribution in [1.82, 2.24) is 5.32 Å². The molecule has 0 spiro atoms. The number of nitrogens with one attached hydrogen (secondary N) is 1. The molecule has 0 aromatic heterocycles. The minimum absolute atomic E-state index is 0.0696. The van der Waals surface area contributed by atoms with Crippen LogP contribution in [0.25, 0.3) is 0 Å². The summed E-state index contributed by atoms with van der Waals surface area (Å²) >= 11 is 0. The fourth-order valence-corrected chi connectivity index (χ4v) is 1.72. The van der Waals surface area contributed by atoms with Gasteiger partial charge in [0.2, 0.25) is 0 Å². The van der Waals surface area contributed by atoms with Gasteiger partial charge in [0, 0.05) is 12.1 Å². The van der Waals surface area contributed by atoms with Crippen molar-refractivity contribution in [3.8, 4) is 0 Å². The molecule has 1 aromatic rings. The molecule has 0 saturated heterocycles. The topological polar surface area (TPSA) is 70.6 Å². The van der Waals surface area contributed by atoms with Crippen molar-refractivity contribution in [3.63, 3.8) is 0 Å². The monoisotopic (exact) mass is 253 g/mol. The highest BCUT2D eigenvalue weighted by Crippen LogP contribution is 2.11. The van der Waals surface area contributed by atoms with Crippen molar-refractivity contribution in [1.29, 1.82) is 0 Å². The van der Waals surface area contributed by atoms with Gasteiger partial charge < -0.3 is 16.3 Å². The maximum absolute atomic E-state index is 13.1. The Balaban J connectivity index is 2.64. The summed E-state index contributed by atoms with van der Waals surface area (Å²) in [6.45, 7) is 3.63. The first-order valence-electron chi connectivity index (χ1n) is 6.16. The van der Waals surface area contributed by atoms with E-state index in [1.807, 2.05) is 0 Å². The lowest BCUT2D eigenvalue weighted by molar-refractivity contribution is 0.318. The molecular formula is C13H20FN3O. The molecule has 4 N–H and O–H groups in total. The molecule has 0 unspecified atom stereocenters. The van der Waals surface area contributed by atoms with Crippen LogP contribution in [0.4, 0.5) is 4.39 Å². The number of nitrogens with two attached hydrogens (primary N) is 1. The molecule has 0 aliphatic heterocycles. The largest absolute Gasteiger partial charge is 0.409 e. The molecule has 0 heterocycles. The van der Waals surface area contributed by atoms with Gasteiger partial charge in [-0.1, -0.05) is 31.0 Å². The number of hydrogen-bond donors (Lipinski definition) is 3. The molecule has 0 bridgehead atoms. The summed E-state index contributed by atoms with van der Waals surface area (Å²) in [6, 6.07) is 4.30. The average molecular weight is 253 g/mol. The summed E-state index contributed by atoms with van der Waals surface area (Å²) in [5.41, 5.74) is 6.77. The average Bonchev–Trinajstić information content (AvgIpc) is 2.39. The molecule has 5 heteroatoms. The fraction of sp³-hybridized carbons (Fsp3) is 0.462. The van der Waals surface area contributed by atoms with E-state index in [9.17, 15) is 4.39 Å². The normalized spacial score (nSPS) is 11.8. The van der Waals surface area contributed by atoms with E-state index < -0.39 is 5.82 Å². The summed E-state index contributed by atoms with van der Waals surface area (Å²) in [6.07, 6.45) is 3.47. The van der Waals surface area contributed by atoms with Crippen LogP contribution >= 0.6 is 0 Å². The summed E-state index contributed by atoms with van der Waals surface area (Å²) in [4.78, 5) is 0. The van der Waals surface area contributed by atoms with Crippen LogP contribution in [0.15, 0.2) is 23.4 Å². The minimum Gasteiger partial charge on any atom is -0.409 e. The van der Waals surface area contributed by atoms with Crippen LogP contribution in [-0.2, 0) is 6.54 Å². The smallest absolute Gasteiger partial charge is 0.170 e. The Labute approximate surface area is 107 Å². The highest BCUT2D eigenvalue weighted by Gasteiger charge is 2.08. The van der Waals surface area contributed by atoms with Crippen LogP contribution in [-0.4, -0.2) is 17.6 Å². The number of oxime groups is 1. The van der Waals surface area contributed by atoms with Gasteiger partial charge in [0.05, 0.1) is 0 Å². The summed E-state index contributed by atoms with van der Waals surface area (Å²) in [7, 11) is 0. The Hall–Kier alpha value is -1.62. The third-order valence-electron chi connectivity index (χ3n) is 2.73. The summed E-state index contributed by atoms with van der Waals surface area (Å²) < 4.78 is 13.1. The van der Waals surface area contributed by atoms with Crippen LogP contribution in [0.5, 0.6) is 0 Å². The number of nitrogens with zero attached hydrogens (tertiary/aromatic N) is 1. The lowest BCUT2D eigenvalue weighted by atomic mass is 10.1. The molecule has 0 aliphatic rings. The van der Waals surface area contributed by atoms with Crippen molar-refractivity contribution in [3.05, 3.63) is 35.1 Å². The molecule has 0 fully saturated rings. The Bertz CT molecular complexity index is 407. The maximum atomic E-state index is 13.1. The van der Waals surface area contributed by atoms with Crippen molar-refractivity contribution < 1.29 is 9.60 Å². The zero-order valence-corrected chi connectivity index (χ0v) is 10.6. The van der Waals surface area contributed by atoms with Crippen molar-refractivity contribution >= 4 is 5.84 Å². The second kappa shape index (κ2) is 7.66. The molecule has 0 aliphatic carbocycles. The molecule has 18 heavy (non-hydrogen) atoms. The molecule has 100 valence electrons. The number of halogens is 1. The van der Waals surface area contributed by atoms with Crippen LogP contribution in [0.2, 0.25) is 0 Å². The lowest BCUT2D eigenvalue weighted by Crippen LogP contribution is -2.21. The third-order valence-corrected chi connectivity index (χ3v) is 2.73. The Morgan fingerprint density at radius 1 is 1.44 bits per heavy atom. The summed E-state index contributed by atoms with van der Waals surface area (Å²) in [5, 5.41) is 14.8. The zero-order chi connectivity index (χ0) is 13.4. The molecule has 0 saturated carbocycles. The first-order valence-corrected chi connectivity index (χ1v) is 6.16. The van der Waals surface area contributed by atoms with Crippen LogP contribution in [0, 0.1) is 5.82 Å². The standard InChI is InChI=1S/C13H20FN3O/c1-2-3-4-7-16-9-10-5-6-11(14)8-12(10)13(15)17-18/h5-6,8,16,18H,2-4,7,9H2,1H3,(H2,15,17). The Morgan fingerprint density at radius 2 is 2.22 bits per heavy atom. The quantitative estimate of drug-likeness (QED) is 0.229. The van der Waals surface area contributed by atoms with E-state index in [2.05, 4.69) is 17.4 Å². The molecule has 1 rings (SSSR count). The van der Waals surface area contributed by atoms with E-state index in [1.54, 1.807) is 6.07 Å². The number of benzene rings is 1. The predicted molar refractivity (Wildman–Crippen MR) is 70.1 cm³/mol. The van der Waals surface area contributed by atoms with Gasteiger partial charge in [-0.25, -0.2) is 4.39 Å². The molecule has 1 aromatic carbocycles. The number of rotatable bonds is 7. The van der Waals surface area contributed by atoms with Gasteiger partial charge in [0.25, 0.3) is 0 Å². The van der Waals surface area contributed by atoms with E-state index in [0.717, 1.165) is 18.5 Å². The van der Waals surface area contributed by atoms with Crippen LogP contribution < -0.4 is 11.1 Å². The molecular weight excluding hydrogens is 233 g/mol. The van der Waals surface area contributed by atoms with Gasteiger partial charge in [-0.2, -0.15) is 0 Å². The summed E-state index contributed by atoms with van der Waals surface area (Å²) in [5.74, 6) is -0.466. The third kappa shape index (κ3) is 4.33. The van der Waals surface area contributed by atoms with Gasteiger partial charge in [0.15, 0.2) is 5.84 Å². The van der Waals surface area contributed by atoms with Crippen molar-refractivity contribution in [2.75, 3.05) is 6.54 Å². The zero-order valence-electron chi connectivity index (χ0n) is 10.6. The van der Waals surface area contributed by atoms with E-state index >= 15 is 0 Å². The number of hydrogen-bond acceptors (Lipinski definition) is 3. The van der Waals surface area contributed by atoms with E-state index in [-0.39, 0.29) is 5.84 Å². The van der Waals surface area contributed by atoms with Gasteiger partial charge in [-0.3, -0.25) is 0 Å². The van der Waals surface area contributed by atoms with Crippen molar-refractivity contribution in [2.45, 2.75) is 32.7 Å². The highest BCUT2D eigenvalue weighted by molar-refractivity contribution is 5.98. The number of unbranched alkanes of at least 4 members (excludes halogenated alkanes) is 2. The van der Waals surface area contributed by atoms with Gasteiger partial charge >= 0.3 is 0 Å². The lowest BCUT2D eigenvalue weighted by Gasteiger charge is -2.09. The second-order valence-corrected chi connectivity index (χ2v) is 4.17. The van der Waals surface area contributed by atoms with Gasteiger partial charge in [-0.05, 0) is 30.7 Å². The molecule has 0 atom stereocenters.